The fourth-order valence-electron chi connectivity index (χ4n) is 4.23. The number of rotatable bonds is 4. The minimum atomic E-state index is -0.214. The van der Waals surface area contributed by atoms with E-state index in [0.29, 0.717) is 20.3 Å². The molecule has 0 saturated carbocycles. The van der Waals surface area contributed by atoms with Crippen LogP contribution in [0.1, 0.15) is 58.4 Å². The van der Waals surface area contributed by atoms with Crippen LogP contribution >= 0.6 is 0 Å². The Balaban J connectivity index is 0.00000131. The largest absolute Gasteiger partial charge is 1.00 e. The molecule has 27 heavy (non-hydrogen) atoms. The summed E-state index contributed by atoms with van der Waals surface area (Å²) in [5.74, 6) is 1.26. The maximum atomic E-state index is 2.48. The number of hydrogen-bond donors (Lipinski definition) is 0. The average molecular weight is 433 g/mol. The van der Waals surface area contributed by atoms with Crippen molar-refractivity contribution in [3.63, 3.8) is 0 Å². The fourth-order valence-corrected chi connectivity index (χ4v) is 8.04. The zero-order valence-corrected chi connectivity index (χ0v) is 19.4. The first kappa shape index (κ1) is 22.5. The van der Waals surface area contributed by atoms with Crippen LogP contribution in [0.2, 0.25) is 0 Å². The van der Waals surface area contributed by atoms with Gasteiger partial charge in [-0.25, -0.2) is 0 Å². The van der Waals surface area contributed by atoms with Crippen molar-refractivity contribution in [1.82, 2.24) is 0 Å². The molecule has 0 spiro atoms. The third-order valence-electron chi connectivity index (χ3n) is 5.59. The van der Waals surface area contributed by atoms with Crippen LogP contribution in [-0.4, -0.2) is 0 Å². The van der Waals surface area contributed by atoms with Crippen LogP contribution in [0.4, 0.5) is 0 Å². The van der Waals surface area contributed by atoms with E-state index in [1.807, 2.05) is 0 Å². The van der Waals surface area contributed by atoms with E-state index in [2.05, 4.69) is 88.4 Å². The maximum absolute atomic E-state index is 2.48. The molecule has 2 aliphatic carbocycles. The first-order chi connectivity index (χ1) is 12.1. The van der Waals surface area contributed by atoms with Crippen molar-refractivity contribution in [2.45, 2.75) is 36.1 Å². The quantitative estimate of drug-likeness (QED) is 0.623. The topological polar surface area (TPSA) is 0 Å². The molecular formula is C24H26Cl2Ti. The molecule has 2 unspecified atom stereocenters. The summed E-state index contributed by atoms with van der Waals surface area (Å²) in [5.41, 5.74) is 9.40. The Morgan fingerprint density at radius 3 is 1.37 bits per heavy atom. The van der Waals surface area contributed by atoms with E-state index in [1.165, 1.54) is 11.1 Å². The Morgan fingerprint density at radius 2 is 1.00 bits per heavy atom. The third-order valence-corrected chi connectivity index (χ3v) is 8.65. The van der Waals surface area contributed by atoms with Crippen LogP contribution in [0, 0.1) is 11.8 Å². The summed E-state index contributed by atoms with van der Waals surface area (Å²) in [6.45, 7) is 9.44. The molecule has 0 heterocycles. The molecule has 0 radical (unpaired) electrons. The van der Waals surface area contributed by atoms with Crippen LogP contribution in [-0.2, 0) is 19.2 Å². The van der Waals surface area contributed by atoms with Gasteiger partial charge in [0.25, 0.3) is 0 Å². The van der Waals surface area contributed by atoms with E-state index in [9.17, 15) is 0 Å². The molecule has 2 aromatic carbocycles. The number of allylic oxidation sites excluding steroid dienone is 2. The van der Waals surface area contributed by atoms with Gasteiger partial charge in [-0.15, -0.1) is 0 Å². The standard InChI is InChI=1S/2C12H13.2ClH.Ti/c2*1-9(2)12-7-10-5-3-4-6-11(10)8-12;;;/h2*3-9H,1-2H3;2*1H;/q;;;;+2/p-2. The van der Waals surface area contributed by atoms with E-state index >= 15 is 0 Å². The number of halogens is 2. The number of benzene rings is 2. The van der Waals surface area contributed by atoms with Gasteiger partial charge in [0.15, 0.2) is 0 Å². The summed E-state index contributed by atoms with van der Waals surface area (Å²) in [5, 5.41) is 0. The molecule has 0 N–H and O–H groups in total. The molecule has 3 heteroatoms. The molecule has 0 aromatic heterocycles. The molecule has 4 rings (SSSR count). The maximum Gasteiger partial charge on any atom is -1.00 e. The van der Waals surface area contributed by atoms with E-state index < -0.39 is 0 Å². The fraction of sp³-hybridized carbons (Fsp3) is 0.333. The summed E-state index contributed by atoms with van der Waals surface area (Å²) in [6.07, 6.45) is 4.96. The predicted octanol–water partition coefficient (Wildman–Crippen LogP) is 0.666. The van der Waals surface area contributed by atoms with Crippen molar-refractivity contribution < 1.29 is 44.0 Å². The van der Waals surface area contributed by atoms with Crippen LogP contribution in [0.3, 0.4) is 0 Å². The third kappa shape index (κ3) is 4.15. The summed E-state index contributed by atoms with van der Waals surface area (Å²) in [7, 11) is 0. The summed E-state index contributed by atoms with van der Waals surface area (Å²) >= 11 is -0.214. The SMILES string of the molecule is CC(C)C1=Cc2ccccc2[CH]1[Ti+2][CH]1C(C(C)C)=Cc2ccccc21.[Cl-].[Cl-]. The molecule has 140 valence electrons. The number of fused-ring (bicyclic) bond motifs is 2. The van der Waals surface area contributed by atoms with Gasteiger partial charge in [-0.1, -0.05) is 0 Å². The number of hydrogen-bond acceptors (Lipinski definition) is 0. The smallest absolute Gasteiger partial charge is 1.00 e. The molecule has 0 amide bonds. The second kappa shape index (κ2) is 9.14. The van der Waals surface area contributed by atoms with Crippen LogP contribution in [0.15, 0.2) is 59.7 Å². The molecule has 0 nitrogen and oxygen atoms in total. The normalized spacial score (nSPS) is 19.5. The van der Waals surface area contributed by atoms with Crippen molar-refractivity contribution in [3.8, 4) is 0 Å². The average Bonchev–Trinajstić information content (AvgIpc) is 3.15. The van der Waals surface area contributed by atoms with E-state index in [0.717, 1.165) is 0 Å². The molecule has 0 aliphatic heterocycles. The molecule has 2 atom stereocenters. The van der Waals surface area contributed by atoms with Gasteiger partial charge in [-0.2, -0.15) is 0 Å². The van der Waals surface area contributed by atoms with Crippen molar-refractivity contribution in [2.75, 3.05) is 0 Å². The molecular weight excluding hydrogens is 407 g/mol. The Labute approximate surface area is 185 Å². The van der Waals surface area contributed by atoms with Gasteiger partial charge < -0.3 is 24.8 Å². The van der Waals surface area contributed by atoms with Crippen molar-refractivity contribution in [2.24, 2.45) is 11.8 Å². The minimum Gasteiger partial charge on any atom is -1.00 e. The summed E-state index contributed by atoms with van der Waals surface area (Å²) in [6, 6.07) is 18.1. The van der Waals surface area contributed by atoms with E-state index in [1.54, 1.807) is 22.3 Å². The van der Waals surface area contributed by atoms with Crippen LogP contribution in [0.25, 0.3) is 12.2 Å². The summed E-state index contributed by atoms with van der Waals surface area (Å²) < 4.78 is 1.35. The first-order valence-corrected chi connectivity index (χ1v) is 11.2. The zero-order chi connectivity index (χ0) is 17.6. The van der Waals surface area contributed by atoms with Crippen molar-refractivity contribution >= 4 is 12.2 Å². The van der Waals surface area contributed by atoms with Crippen LogP contribution in [0.5, 0.6) is 0 Å². The van der Waals surface area contributed by atoms with Gasteiger partial charge in [0.05, 0.1) is 0 Å². The van der Waals surface area contributed by atoms with Gasteiger partial charge in [-0.05, 0) is 0 Å². The minimum absolute atomic E-state index is 0. The molecule has 0 saturated heterocycles. The van der Waals surface area contributed by atoms with E-state index in [4.69, 9.17) is 0 Å². The monoisotopic (exact) mass is 432 g/mol. The molecule has 2 aliphatic rings. The van der Waals surface area contributed by atoms with Crippen molar-refractivity contribution in [1.29, 1.82) is 0 Å². The predicted molar refractivity (Wildman–Crippen MR) is 104 cm³/mol. The Bertz CT molecular complexity index is 793. The van der Waals surface area contributed by atoms with Gasteiger partial charge in [-0.3, -0.25) is 0 Å². The van der Waals surface area contributed by atoms with Gasteiger partial charge in [0, 0.05) is 0 Å². The Morgan fingerprint density at radius 1 is 0.630 bits per heavy atom. The molecule has 0 fully saturated rings. The second-order valence-corrected chi connectivity index (χ2v) is 10.2. The van der Waals surface area contributed by atoms with Crippen LogP contribution < -0.4 is 24.8 Å². The molecule has 0 bridgehead atoms. The Kier molecular flexibility index (Phi) is 7.62. The molecule has 2 aromatic rings. The van der Waals surface area contributed by atoms with E-state index in [-0.39, 0.29) is 44.0 Å². The first-order valence-electron chi connectivity index (χ1n) is 9.43. The van der Waals surface area contributed by atoms with Gasteiger partial charge in [0.1, 0.15) is 0 Å². The summed E-state index contributed by atoms with van der Waals surface area (Å²) in [4.78, 5) is 0. The Hall–Kier alpha value is -0.786. The zero-order valence-electron chi connectivity index (χ0n) is 16.3. The van der Waals surface area contributed by atoms with Crippen molar-refractivity contribution in [3.05, 3.63) is 81.9 Å². The van der Waals surface area contributed by atoms with Gasteiger partial charge in [0.2, 0.25) is 0 Å². The second-order valence-electron chi connectivity index (χ2n) is 7.89. The van der Waals surface area contributed by atoms with Gasteiger partial charge >= 0.3 is 161 Å².